The van der Waals surface area contributed by atoms with Gasteiger partial charge in [0, 0.05) is 31.9 Å². The maximum absolute atomic E-state index is 12.4. The fraction of sp³-hybridized carbons (Fsp3) is 0.538. The second kappa shape index (κ2) is 7.22. The Kier molecular flexibility index (Phi) is 5.92. The second-order valence-corrected chi connectivity index (χ2v) is 6.53. The molecule has 6 nitrogen and oxygen atoms in total. The molecule has 7 heteroatoms. The van der Waals surface area contributed by atoms with Crippen molar-refractivity contribution in [2.24, 2.45) is 0 Å². The number of nitrogens with zero attached hydrogens (tertiary/aromatic N) is 3. The minimum atomic E-state index is -3.61. The number of anilines is 1. The number of hydrogen-bond donors (Lipinski definition) is 1. The highest BCUT2D eigenvalue weighted by Crippen LogP contribution is 2.19. The van der Waals surface area contributed by atoms with Gasteiger partial charge in [-0.3, -0.25) is 0 Å². The molecule has 0 aliphatic rings. The Balaban J connectivity index is 3.00. The van der Waals surface area contributed by atoms with Gasteiger partial charge in [0.1, 0.15) is 5.82 Å². The van der Waals surface area contributed by atoms with E-state index in [0.717, 1.165) is 13.0 Å². The van der Waals surface area contributed by atoms with Crippen molar-refractivity contribution in [3.63, 3.8) is 0 Å². The van der Waals surface area contributed by atoms with E-state index in [1.54, 1.807) is 6.92 Å². The second-order valence-electron chi connectivity index (χ2n) is 4.54. The van der Waals surface area contributed by atoms with Crippen molar-refractivity contribution in [3.8, 4) is 6.07 Å². The Bertz CT molecular complexity index is 580. The van der Waals surface area contributed by atoms with Gasteiger partial charge in [0.05, 0.1) is 17.4 Å². The normalized spacial score (nSPS) is 12.9. The Morgan fingerprint density at radius 1 is 1.55 bits per heavy atom. The lowest BCUT2D eigenvalue weighted by Gasteiger charge is -2.22. The largest absolute Gasteiger partial charge is 0.370 e. The first kappa shape index (κ1) is 16.4. The van der Waals surface area contributed by atoms with Gasteiger partial charge in [-0.2, -0.15) is 9.57 Å². The number of sulfonamides is 1. The van der Waals surface area contributed by atoms with Crippen molar-refractivity contribution in [2.45, 2.75) is 37.6 Å². The van der Waals surface area contributed by atoms with Crippen LogP contribution in [0.15, 0.2) is 23.2 Å². The molecular formula is C13H20N4O2S. The molecule has 0 amide bonds. The smallest absolute Gasteiger partial charge is 0.243 e. The summed E-state index contributed by atoms with van der Waals surface area (Å²) in [6.07, 6.45) is 2.55. The summed E-state index contributed by atoms with van der Waals surface area (Å²) in [6, 6.07) is 4.59. The molecule has 1 atom stereocenters. The van der Waals surface area contributed by atoms with E-state index in [0.29, 0.717) is 5.82 Å². The lowest BCUT2D eigenvalue weighted by Crippen LogP contribution is -2.34. The summed E-state index contributed by atoms with van der Waals surface area (Å²) < 4.78 is 26.1. The van der Waals surface area contributed by atoms with Gasteiger partial charge in [0.2, 0.25) is 10.0 Å². The molecular weight excluding hydrogens is 276 g/mol. The van der Waals surface area contributed by atoms with Crippen molar-refractivity contribution < 1.29 is 8.42 Å². The van der Waals surface area contributed by atoms with Crippen LogP contribution in [0.1, 0.15) is 26.7 Å². The fourth-order valence-corrected chi connectivity index (χ4v) is 2.96. The summed E-state index contributed by atoms with van der Waals surface area (Å²) in [5.41, 5.74) is 0. The highest BCUT2D eigenvalue weighted by molar-refractivity contribution is 7.89. The fourth-order valence-electron chi connectivity index (χ4n) is 1.59. The molecule has 110 valence electrons. The van der Waals surface area contributed by atoms with Crippen LogP contribution < -0.4 is 5.32 Å². The van der Waals surface area contributed by atoms with Gasteiger partial charge in [-0.25, -0.2) is 13.4 Å². The van der Waals surface area contributed by atoms with Crippen molar-refractivity contribution >= 4 is 15.8 Å². The zero-order valence-corrected chi connectivity index (χ0v) is 12.8. The lowest BCUT2D eigenvalue weighted by molar-refractivity contribution is 0.393. The van der Waals surface area contributed by atoms with Crippen LogP contribution in [0.2, 0.25) is 0 Å². The van der Waals surface area contributed by atoms with E-state index >= 15 is 0 Å². The van der Waals surface area contributed by atoms with Crippen molar-refractivity contribution in [3.05, 3.63) is 18.3 Å². The molecule has 1 aromatic heterocycles. The maximum atomic E-state index is 12.4. The first-order chi connectivity index (χ1) is 9.43. The SMILES string of the molecule is CCCNc1cc(S(=O)(=O)N(C)C(C)CC#N)ccn1. The van der Waals surface area contributed by atoms with Crippen molar-refractivity contribution in [2.75, 3.05) is 18.9 Å². The van der Waals surface area contributed by atoms with E-state index in [4.69, 9.17) is 5.26 Å². The van der Waals surface area contributed by atoms with Crippen LogP contribution in [0, 0.1) is 11.3 Å². The molecule has 1 rings (SSSR count). The molecule has 1 N–H and O–H groups in total. The van der Waals surface area contributed by atoms with Crippen LogP contribution in [0.25, 0.3) is 0 Å². The topological polar surface area (TPSA) is 86.1 Å². The predicted octanol–water partition coefficient (Wildman–Crippen LogP) is 1.83. The third-order valence-corrected chi connectivity index (χ3v) is 4.94. The highest BCUT2D eigenvalue weighted by Gasteiger charge is 2.25. The number of pyridine rings is 1. The van der Waals surface area contributed by atoms with E-state index in [1.165, 1.54) is 29.7 Å². The quantitative estimate of drug-likeness (QED) is 0.829. The summed E-state index contributed by atoms with van der Waals surface area (Å²) in [5.74, 6) is 0.536. The van der Waals surface area contributed by atoms with E-state index in [9.17, 15) is 8.42 Å². The molecule has 20 heavy (non-hydrogen) atoms. The van der Waals surface area contributed by atoms with Gasteiger partial charge in [-0.05, 0) is 19.4 Å². The van der Waals surface area contributed by atoms with Gasteiger partial charge >= 0.3 is 0 Å². The van der Waals surface area contributed by atoms with Crippen LogP contribution >= 0.6 is 0 Å². The molecule has 0 bridgehead atoms. The number of hydrogen-bond acceptors (Lipinski definition) is 5. The average Bonchev–Trinajstić information content (AvgIpc) is 2.44. The van der Waals surface area contributed by atoms with Crippen LogP contribution in [0.5, 0.6) is 0 Å². The average molecular weight is 296 g/mol. The van der Waals surface area contributed by atoms with Crippen LogP contribution in [-0.4, -0.2) is 37.3 Å². The molecule has 1 heterocycles. The maximum Gasteiger partial charge on any atom is 0.243 e. The number of aromatic nitrogens is 1. The molecule has 0 radical (unpaired) electrons. The van der Waals surface area contributed by atoms with E-state index < -0.39 is 10.0 Å². The van der Waals surface area contributed by atoms with Crippen molar-refractivity contribution in [1.82, 2.24) is 9.29 Å². The van der Waals surface area contributed by atoms with Crippen LogP contribution in [-0.2, 0) is 10.0 Å². The van der Waals surface area contributed by atoms with E-state index in [1.807, 2.05) is 13.0 Å². The monoisotopic (exact) mass is 296 g/mol. The zero-order valence-electron chi connectivity index (χ0n) is 12.0. The summed E-state index contributed by atoms with van der Waals surface area (Å²) in [5, 5.41) is 11.7. The molecule has 0 fully saturated rings. The molecule has 0 aliphatic heterocycles. The molecule has 0 aromatic carbocycles. The Morgan fingerprint density at radius 2 is 2.25 bits per heavy atom. The Hall–Kier alpha value is -1.65. The standard InChI is InChI=1S/C13H20N4O2S/c1-4-8-15-13-10-12(6-9-16-13)20(18,19)17(3)11(2)5-7-14/h6,9-11H,4-5,8H2,1-3H3,(H,15,16). The van der Waals surface area contributed by atoms with Gasteiger partial charge < -0.3 is 5.32 Å². The predicted molar refractivity (Wildman–Crippen MR) is 77.7 cm³/mol. The Morgan fingerprint density at radius 3 is 2.85 bits per heavy atom. The van der Waals surface area contributed by atoms with E-state index in [-0.39, 0.29) is 17.4 Å². The third kappa shape index (κ3) is 3.92. The molecule has 1 aromatic rings. The summed E-state index contributed by atoms with van der Waals surface area (Å²) in [4.78, 5) is 4.26. The summed E-state index contributed by atoms with van der Waals surface area (Å²) in [6.45, 7) is 4.46. The summed E-state index contributed by atoms with van der Waals surface area (Å²) >= 11 is 0. The minimum absolute atomic E-state index is 0.155. The zero-order chi connectivity index (χ0) is 15.2. The summed E-state index contributed by atoms with van der Waals surface area (Å²) in [7, 11) is -2.12. The molecule has 0 saturated heterocycles. The highest BCUT2D eigenvalue weighted by atomic mass is 32.2. The molecule has 0 spiro atoms. The molecule has 1 unspecified atom stereocenters. The van der Waals surface area contributed by atoms with Gasteiger partial charge in [-0.1, -0.05) is 6.92 Å². The number of nitrogens with one attached hydrogen (secondary N) is 1. The first-order valence-electron chi connectivity index (χ1n) is 6.48. The number of nitriles is 1. The van der Waals surface area contributed by atoms with Crippen LogP contribution in [0.3, 0.4) is 0 Å². The Labute approximate surface area is 120 Å². The van der Waals surface area contributed by atoms with Gasteiger partial charge in [-0.15, -0.1) is 0 Å². The minimum Gasteiger partial charge on any atom is -0.370 e. The van der Waals surface area contributed by atoms with Gasteiger partial charge in [0.15, 0.2) is 0 Å². The first-order valence-corrected chi connectivity index (χ1v) is 7.92. The van der Waals surface area contributed by atoms with E-state index in [2.05, 4.69) is 10.3 Å². The van der Waals surface area contributed by atoms with Gasteiger partial charge in [0.25, 0.3) is 0 Å². The number of rotatable bonds is 7. The molecule has 0 saturated carbocycles. The lowest BCUT2D eigenvalue weighted by atomic mass is 10.3. The third-order valence-electron chi connectivity index (χ3n) is 2.97. The van der Waals surface area contributed by atoms with Crippen molar-refractivity contribution in [1.29, 1.82) is 5.26 Å². The molecule has 0 aliphatic carbocycles. The van der Waals surface area contributed by atoms with Crippen LogP contribution in [0.4, 0.5) is 5.82 Å².